The maximum atomic E-state index is 10.2. The van der Waals surface area contributed by atoms with Crippen molar-refractivity contribution in [2.45, 2.75) is 19.8 Å². The summed E-state index contributed by atoms with van der Waals surface area (Å²) in [5.41, 5.74) is 2.78. The van der Waals surface area contributed by atoms with Crippen molar-refractivity contribution in [2.24, 2.45) is 0 Å². The molecule has 3 nitrogen and oxygen atoms in total. The summed E-state index contributed by atoms with van der Waals surface area (Å²) in [7, 11) is 0. The van der Waals surface area contributed by atoms with Crippen molar-refractivity contribution in [3.8, 4) is 0 Å². The Hall–Kier alpha value is -1.64. The monoisotopic (exact) mass is 189 g/mol. The highest BCUT2D eigenvalue weighted by atomic mass is 16.3. The smallest absolute Gasteiger partial charge is 0.192 e. The number of nitrogens with zero attached hydrogens (tertiary/aromatic N) is 1. The fourth-order valence-electron chi connectivity index (χ4n) is 1.47. The molecule has 2 rings (SSSR count). The van der Waals surface area contributed by atoms with Crippen LogP contribution in [0.2, 0.25) is 0 Å². The summed E-state index contributed by atoms with van der Waals surface area (Å²) in [5.74, 6) is 0.674. The van der Waals surface area contributed by atoms with E-state index in [4.69, 9.17) is 4.42 Å². The first kappa shape index (κ1) is 8.94. The second kappa shape index (κ2) is 3.62. The van der Waals surface area contributed by atoms with E-state index in [1.165, 1.54) is 0 Å². The Morgan fingerprint density at radius 1 is 1.50 bits per heavy atom. The molecular weight excluding hydrogens is 178 g/mol. The highest BCUT2D eigenvalue weighted by molar-refractivity contribution is 5.73. The molecule has 14 heavy (non-hydrogen) atoms. The van der Waals surface area contributed by atoms with Gasteiger partial charge in [0.05, 0.1) is 0 Å². The maximum absolute atomic E-state index is 10.2. The molecule has 0 spiro atoms. The number of fused-ring (bicyclic) bond motifs is 1. The fraction of sp³-hybridized carbons (Fsp3) is 0.273. The zero-order valence-corrected chi connectivity index (χ0v) is 7.99. The van der Waals surface area contributed by atoms with Gasteiger partial charge in [-0.05, 0) is 24.1 Å². The molecule has 0 N–H and O–H groups in total. The normalized spacial score (nSPS) is 10.6. The molecule has 0 atom stereocenters. The number of rotatable bonds is 3. The largest absolute Gasteiger partial charge is 0.441 e. The van der Waals surface area contributed by atoms with Gasteiger partial charge in [-0.2, -0.15) is 0 Å². The molecular formula is C11H11NO2. The third-order valence-electron chi connectivity index (χ3n) is 2.11. The highest BCUT2D eigenvalue weighted by Crippen LogP contribution is 2.17. The van der Waals surface area contributed by atoms with Gasteiger partial charge in [-0.25, -0.2) is 4.98 Å². The average molecular weight is 189 g/mol. The van der Waals surface area contributed by atoms with E-state index in [0.29, 0.717) is 12.3 Å². The van der Waals surface area contributed by atoms with Crippen LogP contribution in [0.5, 0.6) is 0 Å². The summed E-state index contributed by atoms with van der Waals surface area (Å²) >= 11 is 0. The lowest BCUT2D eigenvalue weighted by molar-refractivity contribution is -0.107. The summed E-state index contributed by atoms with van der Waals surface area (Å²) in [6.45, 7) is 1.82. The van der Waals surface area contributed by atoms with Crippen LogP contribution in [0.15, 0.2) is 22.6 Å². The van der Waals surface area contributed by atoms with Crippen LogP contribution < -0.4 is 0 Å². The highest BCUT2D eigenvalue weighted by Gasteiger charge is 2.02. The van der Waals surface area contributed by atoms with E-state index in [0.717, 1.165) is 29.4 Å². The van der Waals surface area contributed by atoms with E-state index in [1.54, 1.807) is 0 Å². The molecule has 1 aromatic carbocycles. The first-order valence-electron chi connectivity index (χ1n) is 4.59. The van der Waals surface area contributed by atoms with Crippen LogP contribution in [-0.4, -0.2) is 11.3 Å². The van der Waals surface area contributed by atoms with Gasteiger partial charge in [0.25, 0.3) is 0 Å². The number of hydrogen-bond donors (Lipinski definition) is 0. The molecule has 0 amide bonds. The van der Waals surface area contributed by atoms with Crippen LogP contribution >= 0.6 is 0 Å². The van der Waals surface area contributed by atoms with Gasteiger partial charge in [0.2, 0.25) is 0 Å². The van der Waals surface area contributed by atoms with Gasteiger partial charge < -0.3 is 9.21 Å². The molecule has 0 saturated carbocycles. The Kier molecular flexibility index (Phi) is 2.31. The van der Waals surface area contributed by atoms with Crippen molar-refractivity contribution in [2.75, 3.05) is 0 Å². The topological polar surface area (TPSA) is 43.1 Å². The maximum Gasteiger partial charge on any atom is 0.192 e. The quantitative estimate of drug-likeness (QED) is 0.695. The van der Waals surface area contributed by atoms with E-state index in [2.05, 4.69) is 4.98 Å². The molecule has 0 fully saturated rings. The van der Waals surface area contributed by atoms with Crippen LogP contribution in [0.4, 0.5) is 0 Å². The van der Waals surface area contributed by atoms with Gasteiger partial charge >= 0.3 is 0 Å². The molecule has 2 aromatic rings. The lowest BCUT2D eigenvalue weighted by atomic mass is 10.1. The summed E-state index contributed by atoms with van der Waals surface area (Å²) in [6.07, 6.45) is 2.24. The molecule has 3 heteroatoms. The van der Waals surface area contributed by atoms with Gasteiger partial charge in [-0.3, -0.25) is 0 Å². The molecule has 0 unspecified atom stereocenters. The predicted octanol–water partition coefficient (Wildman–Crippen LogP) is 2.27. The van der Waals surface area contributed by atoms with Crippen molar-refractivity contribution in [3.63, 3.8) is 0 Å². The summed E-state index contributed by atoms with van der Waals surface area (Å²) in [4.78, 5) is 14.4. The summed E-state index contributed by atoms with van der Waals surface area (Å²) in [6, 6.07) is 5.85. The third kappa shape index (κ3) is 1.66. The van der Waals surface area contributed by atoms with Gasteiger partial charge in [-0.1, -0.05) is 6.07 Å². The van der Waals surface area contributed by atoms with Gasteiger partial charge in [0.15, 0.2) is 11.5 Å². The number of oxazole rings is 1. The first-order valence-corrected chi connectivity index (χ1v) is 4.59. The zero-order valence-electron chi connectivity index (χ0n) is 7.99. The van der Waals surface area contributed by atoms with E-state index < -0.39 is 0 Å². The number of aromatic nitrogens is 1. The number of aryl methyl sites for hydroxylation is 2. The minimum atomic E-state index is 0.554. The minimum Gasteiger partial charge on any atom is -0.441 e. The van der Waals surface area contributed by atoms with Crippen molar-refractivity contribution in [1.29, 1.82) is 0 Å². The van der Waals surface area contributed by atoms with Crippen molar-refractivity contribution < 1.29 is 9.21 Å². The molecule has 0 aliphatic carbocycles. The van der Waals surface area contributed by atoms with Crippen LogP contribution in [0.25, 0.3) is 11.1 Å². The standard InChI is InChI=1S/C11H11NO2/c1-8-12-10-5-4-9(3-2-6-13)7-11(10)14-8/h4-7H,2-3H2,1H3. The minimum absolute atomic E-state index is 0.554. The molecule has 72 valence electrons. The molecule has 0 saturated heterocycles. The number of hydrogen-bond acceptors (Lipinski definition) is 3. The second-order valence-corrected chi connectivity index (χ2v) is 3.24. The third-order valence-corrected chi connectivity index (χ3v) is 2.11. The van der Waals surface area contributed by atoms with Crippen LogP contribution in [0.1, 0.15) is 17.9 Å². The van der Waals surface area contributed by atoms with E-state index in [-0.39, 0.29) is 0 Å². The van der Waals surface area contributed by atoms with Gasteiger partial charge in [0, 0.05) is 13.3 Å². The van der Waals surface area contributed by atoms with Gasteiger partial charge in [-0.15, -0.1) is 0 Å². The summed E-state index contributed by atoms with van der Waals surface area (Å²) in [5, 5.41) is 0. The second-order valence-electron chi connectivity index (χ2n) is 3.24. The van der Waals surface area contributed by atoms with Crippen LogP contribution in [0.3, 0.4) is 0 Å². The Balaban J connectivity index is 2.35. The summed E-state index contributed by atoms with van der Waals surface area (Å²) < 4.78 is 5.39. The molecule has 1 heterocycles. The Labute approximate surface area is 81.7 Å². The van der Waals surface area contributed by atoms with E-state index in [1.807, 2.05) is 25.1 Å². The Morgan fingerprint density at radius 2 is 2.36 bits per heavy atom. The van der Waals surface area contributed by atoms with Crippen molar-refractivity contribution in [3.05, 3.63) is 29.7 Å². The van der Waals surface area contributed by atoms with Gasteiger partial charge in [0.1, 0.15) is 11.8 Å². The van der Waals surface area contributed by atoms with Crippen LogP contribution in [-0.2, 0) is 11.2 Å². The first-order chi connectivity index (χ1) is 6.79. The lowest BCUT2D eigenvalue weighted by Crippen LogP contribution is -1.85. The number of benzene rings is 1. The number of aldehydes is 1. The molecule has 0 radical (unpaired) electrons. The Bertz CT molecular complexity index is 459. The number of carbonyl (C=O) groups excluding carboxylic acids is 1. The zero-order chi connectivity index (χ0) is 9.97. The Morgan fingerprint density at radius 3 is 3.14 bits per heavy atom. The number of carbonyl (C=O) groups is 1. The molecule has 0 aliphatic rings. The molecule has 0 aliphatic heterocycles. The van der Waals surface area contributed by atoms with Crippen molar-refractivity contribution >= 4 is 17.4 Å². The predicted molar refractivity (Wildman–Crippen MR) is 53.1 cm³/mol. The van der Waals surface area contributed by atoms with E-state index in [9.17, 15) is 4.79 Å². The van der Waals surface area contributed by atoms with Crippen LogP contribution in [0, 0.1) is 6.92 Å². The fourth-order valence-corrected chi connectivity index (χ4v) is 1.47. The van der Waals surface area contributed by atoms with E-state index >= 15 is 0 Å². The average Bonchev–Trinajstić information content (AvgIpc) is 2.54. The van der Waals surface area contributed by atoms with Crippen molar-refractivity contribution in [1.82, 2.24) is 4.98 Å². The lowest BCUT2D eigenvalue weighted by Gasteiger charge is -1.95. The SMILES string of the molecule is Cc1nc2ccc(CCC=O)cc2o1. The molecule has 0 bridgehead atoms. The molecule has 1 aromatic heterocycles.